The summed E-state index contributed by atoms with van der Waals surface area (Å²) in [5.41, 5.74) is 13.6. The van der Waals surface area contributed by atoms with Crippen molar-refractivity contribution in [1.29, 1.82) is 0 Å². The number of hydrogen-bond donors (Lipinski definition) is 0. The van der Waals surface area contributed by atoms with Gasteiger partial charge in [0.25, 0.3) is 0 Å². The van der Waals surface area contributed by atoms with Crippen molar-refractivity contribution in [1.82, 2.24) is 15.0 Å². The number of aromatic nitrogens is 3. The molecule has 9 heteroatoms. The van der Waals surface area contributed by atoms with Crippen molar-refractivity contribution in [2.45, 2.75) is 38.5 Å². The third kappa shape index (κ3) is 4.43. The van der Waals surface area contributed by atoms with E-state index in [0.29, 0.717) is 17.8 Å². The predicted octanol–water partition coefficient (Wildman–Crippen LogP) is 9.32. The lowest BCUT2D eigenvalue weighted by atomic mass is 10.0. The maximum absolute atomic E-state index is 5.47. The maximum atomic E-state index is 5.47. The van der Waals surface area contributed by atoms with Crippen LogP contribution in [0, 0.1) is 0 Å². The number of hydrogen-bond acceptors (Lipinski definition) is 9. The first-order chi connectivity index (χ1) is 25.1. The van der Waals surface area contributed by atoms with Gasteiger partial charge in [-0.05, 0) is 93.2 Å². The highest BCUT2D eigenvalue weighted by atomic mass is 15.4. The molecule has 0 bridgehead atoms. The van der Waals surface area contributed by atoms with Gasteiger partial charge in [0.2, 0.25) is 17.8 Å². The van der Waals surface area contributed by atoms with Gasteiger partial charge in [0, 0.05) is 38.2 Å². The Bertz CT molecular complexity index is 2040. The van der Waals surface area contributed by atoms with E-state index in [4.69, 9.17) is 15.0 Å². The first-order valence-electron chi connectivity index (χ1n) is 17.9. The second kappa shape index (κ2) is 11.5. The molecule has 3 aliphatic carbocycles. The molecule has 0 atom stereocenters. The molecule has 51 heavy (non-hydrogen) atoms. The molecule has 3 aromatic carbocycles. The van der Waals surface area contributed by atoms with Crippen LogP contribution < -0.4 is 29.4 Å². The van der Waals surface area contributed by atoms with Gasteiger partial charge in [-0.3, -0.25) is 14.7 Å². The fourth-order valence-corrected chi connectivity index (χ4v) is 8.47. The molecule has 0 saturated carbocycles. The van der Waals surface area contributed by atoms with Crippen LogP contribution in [0.4, 0.5) is 52.0 Å². The van der Waals surface area contributed by atoms with Crippen molar-refractivity contribution in [2.24, 2.45) is 0 Å². The van der Waals surface area contributed by atoms with Crippen molar-refractivity contribution in [3.05, 3.63) is 143 Å². The first kappa shape index (κ1) is 29.8. The largest absolute Gasteiger partial charge is 0.345 e. The highest BCUT2D eigenvalue weighted by Gasteiger charge is 2.37. The summed E-state index contributed by atoms with van der Waals surface area (Å²) in [5, 5.41) is 0. The van der Waals surface area contributed by atoms with Gasteiger partial charge in [-0.2, -0.15) is 15.0 Å². The minimum absolute atomic E-state index is 0.589. The average molecular weight is 670 g/mol. The highest BCUT2D eigenvalue weighted by molar-refractivity contribution is 5.89. The van der Waals surface area contributed by atoms with Crippen molar-refractivity contribution in [3.8, 4) is 0 Å². The van der Waals surface area contributed by atoms with E-state index in [1.54, 1.807) is 0 Å². The Labute approximate surface area is 298 Å². The quantitative estimate of drug-likeness (QED) is 0.212. The second-order valence-corrected chi connectivity index (χ2v) is 13.7. The zero-order valence-electron chi connectivity index (χ0n) is 29.2. The maximum Gasteiger partial charge on any atom is 0.241 e. The minimum atomic E-state index is 0.589. The number of fused-ring (bicyclic) bond motifs is 3. The fourth-order valence-electron chi connectivity index (χ4n) is 8.47. The van der Waals surface area contributed by atoms with Crippen LogP contribution in [0.2, 0.25) is 0 Å². The van der Waals surface area contributed by atoms with Gasteiger partial charge in [0.1, 0.15) is 0 Å². The molecule has 6 aliphatic rings. The average Bonchev–Trinajstić information content (AvgIpc) is 3.18. The summed E-state index contributed by atoms with van der Waals surface area (Å²) in [6, 6.07) is 25.7. The molecule has 0 spiro atoms. The summed E-state index contributed by atoms with van der Waals surface area (Å²) in [5.74, 6) is 1.77. The standard InChI is InChI=1S/C42H39N9/c1-46-28-16-4-10-22-34(28)49(35-23-11-5-17-29(35)46)40-43-41(50-36-24-12-6-18-30(36)47(2)31-19-7-13-25-37(31)50)45-42(44-40)51-38-26-14-8-20-32(38)48(3)33-21-9-15-27-39(33)51/h4,6,8,10-16,18,20,22-27H,5,7,9,17,19,21H2,1-3H3. The number of anilines is 9. The molecule has 3 aliphatic heterocycles. The number of nitrogens with zero attached hydrogens (tertiary/aromatic N) is 9. The molecule has 4 heterocycles. The Morgan fingerprint density at radius 2 is 0.667 bits per heavy atom. The Balaban J connectivity index is 1.27. The van der Waals surface area contributed by atoms with Crippen LogP contribution in [0.5, 0.6) is 0 Å². The third-order valence-electron chi connectivity index (χ3n) is 10.9. The van der Waals surface area contributed by atoms with E-state index in [1.807, 2.05) is 0 Å². The lowest BCUT2D eigenvalue weighted by molar-refractivity contribution is 0.815. The lowest BCUT2D eigenvalue weighted by Gasteiger charge is -2.42. The molecule has 9 nitrogen and oxygen atoms in total. The number of rotatable bonds is 3. The summed E-state index contributed by atoms with van der Waals surface area (Å²) >= 11 is 0. The smallest absolute Gasteiger partial charge is 0.241 e. The Morgan fingerprint density at radius 3 is 0.961 bits per heavy atom. The van der Waals surface area contributed by atoms with E-state index in [-0.39, 0.29) is 0 Å². The molecule has 10 rings (SSSR count). The van der Waals surface area contributed by atoms with Crippen LogP contribution in [-0.2, 0) is 0 Å². The molecule has 0 radical (unpaired) electrons. The van der Waals surface area contributed by atoms with Crippen molar-refractivity contribution >= 4 is 52.0 Å². The van der Waals surface area contributed by atoms with Gasteiger partial charge in [-0.1, -0.05) is 54.6 Å². The summed E-state index contributed by atoms with van der Waals surface area (Å²) in [6.07, 6.45) is 19.3. The normalized spacial score (nSPS) is 18.9. The number of benzene rings is 3. The summed E-state index contributed by atoms with van der Waals surface area (Å²) < 4.78 is 0. The number of para-hydroxylation sites is 6. The molecule has 252 valence electrons. The molecule has 0 amide bonds. The lowest BCUT2D eigenvalue weighted by Crippen LogP contribution is -2.36. The molecule has 1 aromatic heterocycles. The predicted molar refractivity (Wildman–Crippen MR) is 207 cm³/mol. The summed E-state index contributed by atoms with van der Waals surface area (Å²) in [7, 11) is 6.51. The molecular weight excluding hydrogens is 631 g/mol. The van der Waals surface area contributed by atoms with E-state index >= 15 is 0 Å². The molecule has 0 unspecified atom stereocenters. The monoisotopic (exact) mass is 669 g/mol. The number of allylic oxidation sites excluding steroid dienone is 9. The Kier molecular flexibility index (Phi) is 6.71. The van der Waals surface area contributed by atoms with E-state index < -0.39 is 0 Å². The van der Waals surface area contributed by atoms with E-state index in [9.17, 15) is 0 Å². The molecule has 0 fully saturated rings. The van der Waals surface area contributed by atoms with Gasteiger partial charge < -0.3 is 14.7 Å². The van der Waals surface area contributed by atoms with Crippen LogP contribution in [0.1, 0.15) is 38.5 Å². The van der Waals surface area contributed by atoms with E-state index in [1.165, 1.54) is 17.1 Å². The Hall–Kier alpha value is -6.09. The second-order valence-electron chi connectivity index (χ2n) is 13.7. The van der Waals surface area contributed by atoms with Crippen molar-refractivity contribution < 1.29 is 0 Å². The zero-order chi connectivity index (χ0) is 34.2. The van der Waals surface area contributed by atoms with Crippen LogP contribution in [0.25, 0.3) is 0 Å². The van der Waals surface area contributed by atoms with Gasteiger partial charge >= 0.3 is 0 Å². The summed E-state index contributed by atoms with van der Waals surface area (Å²) in [6.45, 7) is 0. The van der Waals surface area contributed by atoms with Gasteiger partial charge in [-0.15, -0.1) is 0 Å². The first-order valence-corrected chi connectivity index (χ1v) is 17.9. The van der Waals surface area contributed by atoms with Crippen LogP contribution in [0.3, 0.4) is 0 Å². The van der Waals surface area contributed by atoms with E-state index in [0.717, 1.165) is 89.7 Å². The summed E-state index contributed by atoms with van der Waals surface area (Å²) in [4.78, 5) is 30.1. The molecule has 0 saturated heterocycles. The third-order valence-corrected chi connectivity index (χ3v) is 10.9. The highest BCUT2D eigenvalue weighted by Crippen LogP contribution is 2.50. The van der Waals surface area contributed by atoms with Gasteiger partial charge in [0.15, 0.2) is 0 Å². The van der Waals surface area contributed by atoms with Gasteiger partial charge in [0.05, 0.1) is 51.2 Å². The SMILES string of the molecule is CN1C2=C(C=CCC2)N(c2nc(N3C4=C(CCC=C4)N(C)c4ccccc43)nc(N3C4=C(CCC=C4)N(C)c4ccccc43)n2)c2ccccc21. The fraction of sp³-hybridized carbons (Fsp3) is 0.214. The zero-order valence-corrected chi connectivity index (χ0v) is 29.2. The van der Waals surface area contributed by atoms with Crippen LogP contribution in [-0.4, -0.2) is 36.1 Å². The topological polar surface area (TPSA) is 58.1 Å². The van der Waals surface area contributed by atoms with Crippen molar-refractivity contribution in [3.63, 3.8) is 0 Å². The molecule has 4 aromatic rings. The molecular formula is C42H39N9. The minimum Gasteiger partial charge on any atom is -0.345 e. The van der Waals surface area contributed by atoms with Crippen molar-refractivity contribution in [2.75, 3.05) is 50.5 Å². The van der Waals surface area contributed by atoms with E-state index in [2.05, 4.69) is 160 Å². The Morgan fingerprint density at radius 1 is 0.392 bits per heavy atom. The molecule has 0 N–H and O–H groups in total. The van der Waals surface area contributed by atoms with Crippen LogP contribution in [0.15, 0.2) is 143 Å². The van der Waals surface area contributed by atoms with Gasteiger partial charge in [-0.25, -0.2) is 0 Å². The van der Waals surface area contributed by atoms with Crippen LogP contribution >= 0.6 is 0 Å².